The molecule has 0 bridgehead atoms. The summed E-state index contributed by atoms with van der Waals surface area (Å²) in [5.74, 6) is 1.02. The number of carbonyl (C=O) groups is 1. The molecule has 5 aromatic rings. The second-order valence-electron chi connectivity index (χ2n) is 9.36. The van der Waals surface area contributed by atoms with Crippen molar-refractivity contribution in [1.29, 1.82) is 0 Å². The second kappa shape index (κ2) is 12.5. The van der Waals surface area contributed by atoms with E-state index in [1.165, 1.54) is 33.0 Å². The first-order chi connectivity index (χ1) is 20.5. The lowest BCUT2D eigenvalue weighted by atomic mass is 9.95. The number of fused-ring (bicyclic) bond motifs is 1. The quantitative estimate of drug-likeness (QED) is 0.204. The van der Waals surface area contributed by atoms with Gasteiger partial charge in [-0.25, -0.2) is 4.79 Å². The molecule has 0 radical (unpaired) electrons. The zero-order chi connectivity index (χ0) is 29.6. The molecule has 3 aromatic carbocycles. The number of pyridine rings is 2. The van der Waals surface area contributed by atoms with Crippen molar-refractivity contribution in [2.45, 2.75) is 13.2 Å². The molecule has 2 heterocycles. The van der Waals surface area contributed by atoms with Gasteiger partial charge >= 0.3 is 5.97 Å². The third-order valence-corrected chi connectivity index (χ3v) is 6.89. The number of nitrogens with zero attached hydrogens (tertiary/aromatic N) is 2. The fourth-order valence-electron chi connectivity index (χ4n) is 4.91. The molecule has 0 fully saturated rings. The number of aromatic nitrogens is 2. The molecular weight excluding hydrogens is 536 g/mol. The van der Waals surface area contributed by atoms with E-state index in [1.807, 2.05) is 36.4 Å². The van der Waals surface area contributed by atoms with E-state index in [2.05, 4.69) is 4.98 Å². The van der Waals surface area contributed by atoms with Crippen molar-refractivity contribution in [3.8, 4) is 34.1 Å². The molecule has 42 heavy (non-hydrogen) atoms. The lowest BCUT2D eigenvalue weighted by Gasteiger charge is -2.21. The van der Waals surface area contributed by atoms with E-state index in [4.69, 9.17) is 23.7 Å². The summed E-state index contributed by atoms with van der Waals surface area (Å²) in [4.78, 5) is 31.8. The Hall–Kier alpha value is -5.31. The van der Waals surface area contributed by atoms with Crippen LogP contribution in [0.4, 0.5) is 0 Å². The standard InChI is InChI=1S/C33H30N2O7/c1-38-27-15-23(16-28(39-2)31(27)40-3)29-25-13-12-24(42-20-21-9-6-5-7-10-21)17-26(25)32(36)35(30(29)33(37)41-4)19-22-11-8-14-34-18-22/h5-18H,19-20H2,1-4H3. The summed E-state index contributed by atoms with van der Waals surface area (Å²) in [5, 5.41) is 0.894. The highest BCUT2D eigenvalue weighted by Crippen LogP contribution is 2.43. The highest BCUT2D eigenvalue weighted by Gasteiger charge is 2.26. The van der Waals surface area contributed by atoms with Gasteiger partial charge in [0.15, 0.2) is 11.5 Å². The van der Waals surface area contributed by atoms with Gasteiger partial charge in [0.25, 0.3) is 5.56 Å². The van der Waals surface area contributed by atoms with Gasteiger partial charge in [-0.05, 0) is 58.5 Å². The summed E-state index contributed by atoms with van der Waals surface area (Å²) in [6.45, 7) is 0.412. The Kier molecular flexibility index (Phi) is 8.38. The van der Waals surface area contributed by atoms with E-state index >= 15 is 0 Å². The number of esters is 1. The lowest BCUT2D eigenvalue weighted by Crippen LogP contribution is -2.28. The first-order valence-corrected chi connectivity index (χ1v) is 13.1. The van der Waals surface area contributed by atoms with Gasteiger partial charge in [0.05, 0.1) is 40.4 Å². The molecule has 9 nitrogen and oxygen atoms in total. The molecule has 0 saturated heterocycles. The van der Waals surface area contributed by atoms with Crippen LogP contribution in [0.25, 0.3) is 21.9 Å². The number of hydrogen-bond acceptors (Lipinski definition) is 8. The van der Waals surface area contributed by atoms with Crippen LogP contribution in [0.15, 0.2) is 90.0 Å². The average molecular weight is 567 g/mol. The van der Waals surface area contributed by atoms with Crippen LogP contribution in [0.2, 0.25) is 0 Å². The van der Waals surface area contributed by atoms with Crippen LogP contribution in [0.5, 0.6) is 23.0 Å². The van der Waals surface area contributed by atoms with Crippen LogP contribution in [-0.4, -0.2) is 44.0 Å². The molecule has 0 spiro atoms. The van der Waals surface area contributed by atoms with E-state index in [0.29, 0.717) is 51.5 Å². The molecule has 9 heteroatoms. The summed E-state index contributed by atoms with van der Waals surface area (Å²) in [7, 11) is 5.82. The molecular formula is C33H30N2O7. The maximum Gasteiger partial charge on any atom is 0.355 e. The number of hydrogen-bond donors (Lipinski definition) is 0. The Balaban J connectivity index is 1.80. The smallest absolute Gasteiger partial charge is 0.355 e. The maximum atomic E-state index is 14.1. The van der Waals surface area contributed by atoms with E-state index in [9.17, 15) is 9.59 Å². The molecule has 0 N–H and O–H groups in total. The molecule has 0 aliphatic heterocycles. The van der Waals surface area contributed by atoms with Gasteiger partial charge in [-0.1, -0.05) is 36.4 Å². The Bertz CT molecular complexity index is 1760. The van der Waals surface area contributed by atoms with Gasteiger partial charge in [-0.15, -0.1) is 0 Å². The van der Waals surface area contributed by atoms with Crippen LogP contribution < -0.4 is 24.5 Å². The van der Waals surface area contributed by atoms with Crippen LogP contribution in [0, 0.1) is 0 Å². The molecule has 0 saturated carbocycles. The zero-order valence-corrected chi connectivity index (χ0v) is 23.7. The van der Waals surface area contributed by atoms with Gasteiger partial charge in [-0.2, -0.15) is 0 Å². The fourth-order valence-corrected chi connectivity index (χ4v) is 4.91. The number of rotatable bonds is 10. The Labute approximate surface area is 242 Å². The van der Waals surface area contributed by atoms with Crippen molar-refractivity contribution >= 4 is 16.7 Å². The molecule has 2 aromatic heterocycles. The monoisotopic (exact) mass is 566 g/mol. The van der Waals surface area contributed by atoms with E-state index in [-0.39, 0.29) is 17.8 Å². The van der Waals surface area contributed by atoms with Gasteiger partial charge in [0.1, 0.15) is 18.1 Å². The van der Waals surface area contributed by atoms with Crippen molar-refractivity contribution in [3.63, 3.8) is 0 Å². The van der Waals surface area contributed by atoms with Crippen molar-refractivity contribution in [2.24, 2.45) is 0 Å². The predicted molar refractivity (Wildman–Crippen MR) is 159 cm³/mol. The van der Waals surface area contributed by atoms with Crippen LogP contribution in [0.3, 0.4) is 0 Å². The van der Waals surface area contributed by atoms with Crippen molar-refractivity contribution in [3.05, 3.63) is 112 Å². The molecule has 5 rings (SSSR count). The topological polar surface area (TPSA) is 98.1 Å². The van der Waals surface area contributed by atoms with Crippen molar-refractivity contribution in [1.82, 2.24) is 9.55 Å². The van der Waals surface area contributed by atoms with Crippen molar-refractivity contribution in [2.75, 3.05) is 28.4 Å². The highest BCUT2D eigenvalue weighted by molar-refractivity contribution is 6.07. The van der Waals surface area contributed by atoms with E-state index < -0.39 is 5.97 Å². The third kappa shape index (κ3) is 5.49. The highest BCUT2D eigenvalue weighted by atomic mass is 16.5. The molecule has 214 valence electrons. The molecule has 0 atom stereocenters. The van der Waals surface area contributed by atoms with Gasteiger partial charge in [0, 0.05) is 18.0 Å². The van der Waals surface area contributed by atoms with Crippen LogP contribution in [-0.2, 0) is 17.9 Å². The zero-order valence-electron chi connectivity index (χ0n) is 23.7. The lowest BCUT2D eigenvalue weighted by molar-refractivity contribution is 0.0588. The normalized spacial score (nSPS) is 10.8. The average Bonchev–Trinajstić information content (AvgIpc) is 3.04. The van der Waals surface area contributed by atoms with E-state index in [1.54, 1.807) is 48.8 Å². The Morgan fingerprint density at radius 2 is 1.52 bits per heavy atom. The van der Waals surface area contributed by atoms with Gasteiger partial charge in [0.2, 0.25) is 5.75 Å². The number of ether oxygens (including phenoxy) is 5. The second-order valence-corrected chi connectivity index (χ2v) is 9.36. The first kappa shape index (κ1) is 28.2. The third-order valence-electron chi connectivity index (χ3n) is 6.89. The minimum absolute atomic E-state index is 0.0751. The number of carbonyl (C=O) groups excluding carboxylic acids is 1. The summed E-state index contributed by atoms with van der Waals surface area (Å²) < 4.78 is 29.4. The minimum atomic E-state index is -0.675. The Morgan fingerprint density at radius 3 is 2.14 bits per heavy atom. The predicted octanol–water partition coefficient (Wildman–Crippen LogP) is 5.50. The number of methoxy groups -OCH3 is 4. The largest absolute Gasteiger partial charge is 0.493 e. The van der Waals surface area contributed by atoms with E-state index in [0.717, 1.165) is 11.1 Å². The summed E-state index contributed by atoms with van der Waals surface area (Å²) in [6.07, 6.45) is 3.29. The van der Waals surface area contributed by atoms with Crippen LogP contribution in [0.1, 0.15) is 21.6 Å². The fraction of sp³-hybridized carbons (Fsp3) is 0.182. The summed E-state index contributed by atoms with van der Waals surface area (Å²) in [5.41, 5.74) is 2.45. The van der Waals surface area contributed by atoms with Crippen LogP contribution >= 0.6 is 0 Å². The molecule has 0 amide bonds. The molecule has 0 unspecified atom stereocenters. The SMILES string of the molecule is COC(=O)c1c(-c2cc(OC)c(OC)c(OC)c2)c2ccc(OCc3ccccc3)cc2c(=O)n1Cc1cccnc1. The maximum absolute atomic E-state index is 14.1. The summed E-state index contributed by atoms with van der Waals surface area (Å²) in [6, 6.07) is 22.1. The van der Waals surface area contributed by atoms with Gasteiger partial charge < -0.3 is 23.7 Å². The Morgan fingerprint density at radius 1 is 0.810 bits per heavy atom. The van der Waals surface area contributed by atoms with Crippen molar-refractivity contribution < 1.29 is 28.5 Å². The molecule has 0 aliphatic carbocycles. The summed E-state index contributed by atoms with van der Waals surface area (Å²) >= 11 is 0. The van der Waals surface area contributed by atoms with Gasteiger partial charge in [-0.3, -0.25) is 14.3 Å². The molecule has 0 aliphatic rings. The first-order valence-electron chi connectivity index (χ1n) is 13.1. The minimum Gasteiger partial charge on any atom is -0.493 e. The number of benzene rings is 3.